The normalized spacial score (nSPS) is 19.1. The maximum absolute atomic E-state index is 14.1. The Morgan fingerprint density at radius 2 is 1.48 bits per heavy atom. The van der Waals surface area contributed by atoms with Crippen LogP contribution < -0.4 is 5.32 Å². The average molecular weight is 400 g/mol. The third kappa shape index (κ3) is 6.78. The van der Waals surface area contributed by atoms with Gasteiger partial charge in [0.2, 0.25) is 0 Å². The monoisotopic (exact) mass is 400 g/mol. The van der Waals surface area contributed by atoms with Crippen molar-refractivity contribution in [3.8, 4) is 0 Å². The molecule has 0 aliphatic carbocycles. The molecule has 2 amide bonds. The summed E-state index contributed by atoms with van der Waals surface area (Å²) < 4.78 is 24.6. The van der Waals surface area contributed by atoms with E-state index in [1.165, 1.54) is 4.90 Å². The molecule has 1 fully saturated rings. The van der Waals surface area contributed by atoms with Gasteiger partial charge in [-0.3, -0.25) is 0 Å². The first-order chi connectivity index (χ1) is 14.1. The van der Waals surface area contributed by atoms with Crippen molar-refractivity contribution >= 4 is 12.2 Å². The minimum absolute atomic E-state index is 0.0507. The molecular formula is C22H25FN2O4. The quantitative estimate of drug-likeness (QED) is 0.822. The van der Waals surface area contributed by atoms with Gasteiger partial charge in [0, 0.05) is 6.54 Å². The first-order valence-electron chi connectivity index (χ1n) is 9.67. The van der Waals surface area contributed by atoms with E-state index in [9.17, 15) is 14.0 Å². The molecule has 0 spiro atoms. The Bertz CT molecular complexity index is 788. The van der Waals surface area contributed by atoms with Gasteiger partial charge < -0.3 is 19.7 Å². The molecule has 3 rings (SSSR count). The van der Waals surface area contributed by atoms with E-state index >= 15 is 0 Å². The molecule has 1 aliphatic rings. The van der Waals surface area contributed by atoms with Crippen LogP contribution in [0.5, 0.6) is 0 Å². The molecule has 2 aromatic carbocycles. The fraction of sp³-hybridized carbons (Fsp3) is 0.364. The van der Waals surface area contributed by atoms with Crippen molar-refractivity contribution in [3.63, 3.8) is 0 Å². The fourth-order valence-corrected chi connectivity index (χ4v) is 3.15. The third-order valence-electron chi connectivity index (χ3n) is 4.69. The first kappa shape index (κ1) is 20.6. The van der Waals surface area contributed by atoms with Crippen LogP contribution in [0.25, 0.3) is 0 Å². The number of amides is 2. The Kier molecular flexibility index (Phi) is 7.44. The topological polar surface area (TPSA) is 67.9 Å². The average Bonchev–Trinajstić information content (AvgIpc) is 2.93. The van der Waals surface area contributed by atoms with Crippen LogP contribution in [-0.4, -0.2) is 42.4 Å². The zero-order valence-electron chi connectivity index (χ0n) is 16.1. The predicted octanol–water partition coefficient (Wildman–Crippen LogP) is 4.05. The van der Waals surface area contributed by atoms with Gasteiger partial charge in [-0.1, -0.05) is 60.7 Å². The maximum atomic E-state index is 14.1. The Balaban J connectivity index is 1.50. The molecule has 29 heavy (non-hydrogen) atoms. The minimum Gasteiger partial charge on any atom is -0.445 e. The summed E-state index contributed by atoms with van der Waals surface area (Å²) in [7, 11) is 0. The smallest absolute Gasteiger partial charge is 0.410 e. The van der Waals surface area contributed by atoms with Crippen molar-refractivity contribution in [2.24, 2.45) is 0 Å². The van der Waals surface area contributed by atoms with E-state index < -0.39 is 24.4 Å². The molecule has 0 unspecified atom stereocenters. The number of ether oxygens (including phenoxy) is 2. The van der Waals surface area contributed by atoms with Gasteiger partial charge in [-0.2, -0.15) is 0 Å². The Labute approximate surface area is 169 Å². The largest absolute Gasteiger partial charge is 0.445 e. The number of hydrogen-bond acceptors (Lipinski definition) is 4. The van der Waals surface area contributed by atoms with Crippen LogP contribution in [0, 0.1) is 0 Å². The van der Waals surface area contributed by atoms with Crippen LogP contribution >= 0.6 is 0 Å². The van der Waals surface area contributed by atoms with E-state index in [1.54, 1.807) is 0 Å². The minimum atomic E-state index is -1.16. The van der Waals surface area contributed by atoms with Crippen molar-refractivity contribution in [2.45, 2.75) is 38.3 Å². The molecule has 0 radical (unpaired) electrons. The van der Waals surface area contributed by atoms with Gasteiger partial charge in [-0.15, -0.1) is 0 Å². The maximum Gasteiger partial charge on any atom is 0.410 e. The Hall–Kier alpha value is -3.09. The summed E-state index contributed by atoms with van der Waals surface area (Å²) in [6, 6.07) is 18.2. The predicted molar refractivity (Wildman–Crippen MR) is 106 cm³/mol. The summed E-state index contributed by atoms with van der Waals surface area (Å²) in [5.41, 5.74) is 1.73. The van der Waals surface area contributed by atoms with E-state index in [0.717, 1.165) is 11.1 Å². The number of carbonyl (C=O) groups excluding carboxylic acids is 2. The number of hydrogen-bond donors (Lipinski definition) is 1. The molecule has 1 heterocycles. The van der Waals surface area contributed by atoms with E-state index in [-0.39, 0.29) is 32.7 Å². The number of benzene rings is 2. The van der Waals surface area contributed by atoms with Crippen molar-refractivity contribution < 1.29 is 23.5 Å². The zero-order chi connectivity index (χ0) is 20.5. The zero-order valence-corrected chi connectivity index (χ0v) is 16.1. The second-order valence-electron chi connectivity index (χ2n) is 7.02. The van der Waals surface area contributed by atoms with Crippen LogP contribution in [0.3, 0.4) is 0 Å². The van der Waals surface area contributed by atoms with Crippen molar-refractivity contribution in [1.82, 2.24) is 10.2 Å². The molecule has 6 nitrogen and oxygen atoms in total. The number of rotatable bonds is 5. The van der Waals surface area contributed by atoms with Crippen molar-refractivity contribution in [1.29, 1.82) is 0 Å². The molecule has 0 bridgehead atoms. The summed E-state index contributed by atoms with van der Waals surface area (Å²) in [5, 5.41) is 2.73. The lowest BCUT2D eigenvalue weighted by Gasteiger charge is -2.24. The molecule has 0 saturated carbocycles. The highest BCUT2D eigenvalue weighted by Crippen LogP contribution is 2.16. The number of alkyl halides is 1. The van der Waals surface area contributed by atoms with E-state index in [0.29, 0.717) is 6.42 Å². The number of likely N-dealkylation sites (tertiary alicyclic amines) is 1. The van der Waals surface area contributed by atoms with Crippen molar-refractivity contribution in [3.05, 3.63) is 71.8 Å². The number of nitrogens with zero attached hydrogens (tertiary/aromatic N) is 1. The standard InChI is InChI=1S/C22H25FN2O4/c23-19-11-12-20(24-21(26)28-15-17-7-3-1-4-8-17)14-25(13-19)22(27)29-16-18-9-5-2-6-10-18/h1-10,19-20H,11-16H2,(H,24,26)/t19-,20-/m0/s1. The van der Waals surface area contributed by atoms with Gasteiger partial charge >= 0.3 is 12.2 Å². The number of halogens is 1. The number of alkyl carbamates (subject to hydrolysis) is 1. The third-order valence-corrected chi connectivity index (χ3v) is 4.69. The lowest BCUT2D eigenvalue weighted by atomic mass is 10.1. The second kappa shape index (κ2) is 10.5. The van der Waals surface area contributed by atoms with Gasteiger partial charge in [0.15, 0.2) is 0 Å². The molecule has 1 N–H and O–H groups in total. The van der Waals surface area contributed by atoms with E-state index in [2.05, 4.69) is 5.32 Å². The van der Waals surface area contributed by atoms with Crippen LogP contribution in [-0.2, 0) is 22.7 Å². The van der Waals surface area contributed by atoms with Crippen LogP contribution in [0.2, 0.25) is 0 Å². The van der Waals surface area contributed by atoms with Gasteiger partial charge in [0.1, 0.15) is 19.4 Å². The number of carbonyl (C=O) groups is 2. The summed E-state index contributed by atoms with van der Waals surface area (Å²) >= 11 is 0. The second-order valence-corrected chi connectivity index (χ2v) is 7.02. The molecule has 154 valence electrons. The highest BCUT2D eigenvalue weighted by Gasteiger charge is 2.29. The van der Waals surface area contributed by atoms with Gasteiger partial charge in [0.25, 0.3) is 0 Å². The molecule has 7 heteroatoms. The van der Waals surface area contributed by atoms with E-state index in [4.69, 9.17) is 9.47 Å². The molecule has 2 aromatic rings. The summed E-state index contributed by atoms with van der Waals surface area (Å²) in [6.07, 6.45) is -1.67. The molecular weight excluding hydrogens is 375 g/mol. The molecule has 1 aliphatic heterocycles. The summed E-state index contributed by atoms with van der Waals surface area (Å²) in [4.78, 5) is 25.8. The summed E-state index contributed by atoms with van der Waals surface area (Å²) in [6.45, 7) is 0.387. The Morgan fingerprint density at radius 3 is 2.10 bits per heavy atom. The van der Waals surface area contributed by atoms with Crippen LogP contribution in [0.1, 0.15) is 24.0 Å². The van der Waals surface area contributed by atoms with Gasteiger partial charge in [-0.25, -0.2) is 14.0 Å². The lowest BCUT2D eigenvalue weighted by Crippen LogP contribution is -2.45. The lowest BCUT2D eigenvalue weighted by molar-refractivity contribution is 0.0860. The first-order valence-corrected chi connectivity index (χ1v) is 9.67. The van der Waals surface area contributed by atoms with Crippen LogP contribution in [0.15, 0.2) is 60.7 Å². The van der Waals surface area contributed by atoms with Crippen molar-refractivity contribution in [2.75, 3.05) is 13.1 Å². The van der Waals surface area contributed by atoms with Gasteiger partial charge in [-0.05, 0) is 24.0 Å². The fourth-order valence-electron chi connectivity index (χ4n) is 3.15. The molecule has 0 aromatic heterocycles. The highest BCUT2D eigenvalue weighted by atomic mass is 19.1. The van der Waals surface area contributed by atoms with Gasteiger partial charge in [0.05, 0.1) is 12.6 Å². The van der Waals surface area contributed by atoms with E-state index in [1.807, 2.05) is 60.7 Å². The van der Waals surface area contributed by atoms with Crippen LogP contribution in [0.4, 0.5) is 14.0 Å². The highest BCUT2D eigenvalue weighted by molar-refractivity contribution is 5.69. The Morgan fingerprint density at radius 1 is 0.897 bits per heavy atom. The summed E-state index contributed by atoms with van der Waals surface area (Å²) in [5.74, 6) is 0. The molecule has 1 saturated heterocycles. The molecule has 2 atom stereocenters. The SMILES string of the molecule is O=C(N[C@H]1CC[C@H](F)CN(C(=O)OCc2ccccc2)C1)OCc1ccccc1. The number of nitrogens with one attached hydrogen (secondary N) is 1.